The molecule has 2 N–H and O–H groups in total. The highest BCUT2D eigenvalue weighted by Gasteiger charge is 2.24. The summed E-state index contributed by atoms with van der Waals surface area (Å²) in [4.78, 5) is 11.4. The van der Waals surface area contributed by atoms with Gasteiger partial charge in [-0.3, -0.25) is 9.89 Å². The first kappa shape index (κ1) is 23.7. The van der Waals surface area contributed by atoms with Gasteiger partial charge in [-0.25, -0.2) is 4.98 Å². The summed E-state index contributed by atoms with van der Waals surface area (Å²) in [7, 11) is 1.80. The van der Waals surface area contributed by atoms with E-state index >= 15 is 0 Å². The van der Waals surface area contributed by atoms with Gasteiger partial charge in [0.25, 0.3) is 0 Å². The van der Waals surface area contributed by atoms with Crippen molar-refractivity contribution < 1.29 is 4.42 Å². The fraction of sp³-hybridized carbons (Fsp3) is 0.619. The predicted octanol–water partition coefficient (Wildman–Crippen LogP) is 3.64. The molecule has 29 heavy (non-hydrogen) atoms. The van der Waals surface area contributed by atoms with Crippen LogP contribution in [0.1, 0.15) is 50.7 Å². The maximum Gasteiger partial charge on any atom is 0.191 e. The van der Waals surface area contributed by atoms with Crippen LogP contribution in [0.2, 0.25) is 0 Å². The quantitative estimate of drug-likeness (QED) is 0.320. The van der Waals surface area contributed by atoms with E-state index in [9.17, 15) is 0 Å². The molecule has 0 bridgehead atoms. The van der Waals surface area contributed by atoms with Gasteiger partial charge in [-0.2, -0.15) is 0 Å². The zero-order valence-electron chi connectivity index (χ0n) is 17.8. The predicted molar refractivity (Wildman–Crippen MR) is 128 cm³/mol. The lowest BCUT2D eigenvalue weighted by Gasteiger charge is -2.33. The summed E-state index contributed by atoms with van der Waals surface area (Å²) < 4.78 is 7.93. The molecule has 3 heterocycles. The Hall–Kier alpha value is -1.55. The van der Waals surface area contributed by atoms with Gasteiger partial charge in [0.05, 0.1) is 18.8 Å². The summed E-state index contributed by atoms with van der Waals surface area (Å²) >= 11 is 0. The molecule has 3 rings (SSSR count). The second-order valence-corrected chi connectivity index (χ2v) is 7.82. The second kappa shape index (κ2) is 12.2. The Labute approximate surface area is 191 Å². The third-order valence-electron chi connectivity index (χ3n) is 5.17. The van der Waals surface area contributed by atoms with Crippen LogP contribution < -0.4 is 10.6 Å². The van der Waals surface area contributed by atoms with Crippen LogP contribution in [0.3, 0.4) is 0 Å². The minimum Gasteiger partial charge on any atom is -0.468 e. The Kier molecular flexibility index (Phi) is 9.99. The monoisotopic (exact) mass is 514 g/mol. The number of halogens is 1. The van der Waals surface area contributed by atoms with Gasteiger partial charge < -0.3 is 19.6 Å². The highest BCUT2D eigenvalue weighted by atomic mass is 127. The number of furan rings is 1. The number of aliphatic imine (C=N–C) groups is 1. The van der Waals surface area contributed by atoms with Gasteiger partial charge in [-0.1, -0.05) is 20.3 Å². The normalized spacial score (nSPS) is 16.5. The van der Waals surface area contributed by atoms with Crippen molar-refractivity contribution in [2.45, 2.75) is 52.2 Å². The average Bonchev–Trinajstić information content (AvgIpc) is 3.37. The summed E-state index contributed by atoms with van der Waals surface area (Å²) in [6, 6.07) is 4.25. The molecule has 8 heteroatoms. The zero-order valence-corrected chi connectivity index (χ0v) is 20.1. The van der Waals surface area contributed by atoms with E-state index in [4.69, 9.17) is 4.42 Å². The largest absolute Gasteiger partial charge is 0.468 e. The highest BCUT2D eigenvalue weighted by Crippen LogP contribution is 2.24. The van der Waals surface area contributed by atoms with Gasteiger partial charge in [-0.05, 0) is 44.0 Å². The maximum absolute atomic E-state index is 5.73. The van der Waals surface area contributed by atoms with Crippen LogP contribution in [0.15, 0.2) is 40.2 Å². The molecular formula is C21H35IN6O. The van der Waals surface area contributed by atoms with E-state index in [1.807, 2.05) is 18.5 Å². The summed E-state index contributed by atoms with van der Waals surface area (Å²) in [6.07, 6.45) is 9.48. The SMILES string of the molecule is CN=C(NCc1nccn1CC(C)C)NCC(c1ccco1)N1CCCCC1.I. The van der Waals surface area contributed by atoms with Crippen molar-refractivity contribution in [3.63, 3.8) is 0 Å². The van der Waals surface area contributed by atoms with Crippen LogP contribution in [-0.4, -0.2) is 47.1 Å². The number of hydrogen-bond acceptors (Lipinski definition) is 4. The summed E-state index contributed by atoms with van der Waals surface area (Å²) in [5.74, 6) is 3.41. The molecule has 1 aliphatic rings. The minimum absolute atomic E-state index is 0. The number of hydrogen-bond donors (Lipinski definition) is 2. The lowest BCUT2D eigenvalue weighted by Crippen LogP contribution is -2.44. The van der Waals surface area contributed by atoms with E-state index in [1.54, 1.807) is 13.3 Å². The van der Waals surface area contributed by atoms with Crippen molar-refractivity contribution in [3.05, 3.63) is 42.4 Å². The van der Waals surface area contributed by atoms with Gasteiger partial charge in [0.1, 0.15) is 11.6 Å². The summed E-state index contributed by atoms with van der Waals surface area (Å²) in [6.45, 7) is 9.04. The van der Waals surface area contributed by atoms with Crippen molar-refractivity contribution in [3.8, 4) is 0 Å². The van der Waals surface area contributed by atoms with Crippen molar-refractivity contribution in [2.24, 2.45) is 10.9 Å². The number of piperidine rings is 1. The Balaban J connectivity index is 0.00000300. The highest BCUT2D eigenvalue weighted by molar-refractivity contribution is 14.0. The Morgan fingerprint density at radius 2 is 2.03 bits per heavy atom. The number of nitrogens with one attached hydrogen (secondary N) is 2. The molecule has 2 aromatic heterocycles. The molecule has 162 valence electrons. The van der Waals surface area contributed by atoms with Crippen LogP contribution in [0.4, 0.5) is 0 Å². The van der Waals surface area contributed by atoms with Gasteiger partial charge >= 0.3 is 0 Å². The Bertz CT molecular complexity index is 721. The second-order valence-electron chi connectivity index (χ2n) is 7.82. The van der Waals surface area contributed by atoms with E-state index in [1.165, 1.54) is 19.3 Å². The number of imidazole rings is 1. The molecule has 0 spiro atoms. The first-order valence-corrected chi connectivity index (χ1v) is 10.4. The smallest absolute Gasteiger partial charge is 0.191 e. The van der Waals surface area contributed by atoms with Crippen molar-refractivity contribution >= 4 is 29.9 Å². The fourth-order valence-corrected chi connectivity index (χ4v) is 3.76. The van der Waals surface area contributed by atoms with Crippen LogP contribution in [0.5, 0.6) is 0 Å². The first-order chi connectivity index (χ1) is 13.7. The van der Waals surface area contributed by atoms with Gasteiger partial charge in [0.15, 0.2) is 5.96 Å². The average molecular weight is 514 g/mol. The van der Waals surface area contributed by atoms with Crippen LogP contribution in [0.25, 0.3) is 0 Å². The minimum atomic E-state index is 0. The van der Waals surface area contributed by atoms with Gasteiger partial charge in [-0.15, -0.1) is 24.0 Å². The topological polar surface area (TPSA) is 70.6 Å². The number of guanidine groups is 1. The maximum atomic E-state index is 5.73. The molecule has 0 aliphatic carbocycles. The molecule has 1 aliphatic heterocycles. The van der Waals surface area contributed by atoms with Crippen molar-refractivity contribution in [2.75, 3.05) is 26.7 Å². The van der Waals surface area contributed by atoms with Gasteiger partial charge in [0.2, 0.25) is 0 Å². The molecule has 0 amide bonds. The van der Waals surface area contributed by atoms with Crippen LogP contribution >= 0.6 is 24.0 Å². The molecule has 1 atom stereocenters. The molecular weight excluding hydrogens is 479 g/mol. The molecule has 0 radical (unpaired) electrons. The lowest BCUT2D eigenvalue weighted by atomic mass is 10.1. The van der Waals surface area contributed by atoms with Crippen molar-refractivity contribution in [1.82, 2.24) is 25.1 Å². The number of rotatable bonds is 8. The molecule has 2 aromatic rings. The van der Waals surface area contributed by atoms with Gasteiger partial charge in [0, 0.05) is 32.5 Å². The van der Waals surface area contributed by atoms with E-state index in [0.29, 0.717) is 12.5 Å². The van der Waals surface area contributed by atoms with E-state index in [0.717, 1.165) is 43.7 Å². The number of likely N-dealkylation sites (tertiary alicyclic amines) is 1. The van der Waals surface area contributed by atoms with Crippen LogP contribution in [0, 0.1) is 5.92 Å². The zero-order chi connectivity index (χ0) is 19.8. The number of aromatic nitrogens is 2. The van der Waals surface area contributed by atoms with E-state index in [-0.39, 0.29) is 30.0 Å². The standard InChI is InChI=1S/C21H34N6O.HI/c1-17(2)16-27-12-9-23-20(27)15-25-21(22-3)24-14-18(19-8-7-13-28-19)26-10-5-4-6-11-26;/h7-9,12-13,17-18H,4-6,10-11,14-16H2,1-3H3,(H2,22,24,25);1H. The third kappa shape index (κ3) is 7.02. The molecule has 1 fully saturated rings. The Morgan fingerprint density at radius 1 is 1.24 bits per heavy atom. The Morgan fingerprint density at radius 3 is 2.69 bits per heavy atom. The van der Waals surface area contributed by atoms with E-state index < -0.39 is 0 Å². The van der Waals surface area contributed by atoms with Crippen molar-refractivity contribution in [1.29, 1.82) is 0 Å². The molecule has 7 nitrogen and oxygen atoms in total. The summed E-state index contributed by atoms with van der Waals surface area (Å²) in [5, 5.41) is 6.87. The molecule has 0 saturated carbocycles. The first-order valence-electron chi connectivity index (χ1n) is 10.4. The van der Waals surface area contributed by atoms with Crippen LogP contribution in [-0.2, 0) is 13.1 Å². The lowest BCUT2D eigenvalue weighted by molar-refractivity contribution is 0.146. The summed E-state index contributed by atoms with van der Waals surface area (Å²) in [5.41, 5.74) is 0. The number of nitrogens with zero attached hydrogens (tertiary/aromatic N) is 4. The molecule has 1 unspecified atom stereocenters. The molecule has 1 saturated heterocycles. The third-order valence-corrected chi connectivity index (χ3v) is 5.17. The fourth-order valence-electron chi connectivity index (χ4n) is 3.76. The molecule has 0 aromatic carbocycles. The van der Waals surface area contributed by atoms with E-state index in [2.05, 4.69) is 50.0 Å².